The Bertz CT molecular complexity index is 498. The molecule has 0 radical (unpaired) electrons. The second kappa shape index (κ2) is 5.61. The number of thiazole rings is 1. The third-order valence-electron chi connectivity index (χ3n) is 3.19. The molecule has 4 heteroatoms. The number of nitrogens with one attached hydrogen (secondary N) is 1. The van der Waals surface area contributed by atoms with Crippen molar-refractivity contribution in [3.63, 3.8) is 0 Å². The molecule has 0 aliphatic carbocycles. The van der Waals surface area contributed by atoms with Crippen LogP contribution in [0.1, 0.15) is 22.2 Å². The lowest BCUT2D eigenvalue weighted by molar-refractivity contribution is 0.0824. The highest BCUT2D eigenvalue weighted by Crippen LogP contribution is 2.24. The van der Waals surface area contributed by atoms with Crippen LogP contribution in [0.15, 0.2) is 35.8 Å². The Morgan fingerprint density at radius 2 is 2.33 bits per heavy atom. The molecule has 0 fully saturated rings. The number of nitrogens with zero attached hydrogens (tertiary/aromatic N) is 1. The molecule has 1 aromatic carbocycles. The molecule has 2 aromatic rings. The van der Waals surface area contributed by atoms with Crippen LogP contribution in [0.25, 0.3) is 0 Å². The normalized spacial score (nSPS) is 18.6. The van der Waals surface area contributed by atoms with Gasteiger partial charge in [0.2, 0.25) is 0 Å². The molecule has 0 bridgehead atoms. The zero-order valence-electron chi connectivity index (χ0n) is 10.1. The van der Waals surface area contributed by atoms with Crippen molar-refractivity contribution in [2.75, 3.05) is 13.2 Å². The monoisotopic (exact) mass is 260 g/mol. The minimum Gasteiger partial charge on any atom is -0.375 e. The van der Waals surface area contributed by atoms with Crippen LogP contribution in [0.4, 0.5) is 0 Å². The predicted molar refractivity (Wildman–Crippen MR) is 72.7 cm³/mol. The molecular weight excluding hydrogens is 244 g/mol. The van der Waals surface area contributed by atoms with E-state index in [1.165, 1.54) is 16.1 Å². The number of hydrogen-bond donors (Lipinski definition) is 1. The molecule has 1 atom stereocenters. The third kappa shape index (κ3) is 2.61. The molecule has 1 aromatic heterocycles. The number of rotatable bonds is 4. The van der Waals surface area contributed by atoms with Crippen LogP contribution in [0.2, 0.25) is 0 Å². The van der Waals surface area contributed by atoms with Crippen LogP contribution in [0.5, 0.6) is 0 Å². The maximum atomic E-state index is 5.62. The van der Waals surface area contributed by atoms with Crippen molar-refractivity contribution in [3.05, 3.63) is 52.0 Å². The lowest BCUT2D eigenvalue weighted by Crippen LogP contribution is -2.31. The minimum absolute atomic E-state index is 0.315. The average molecular weight is 260 g/mol. The Kier molecular flexibility index (Phi) is 3.69. The quantitative estimate of drug-likeness (QED) is 0.917. The molecule has 1 unspecified atom stereocenters. The van der Waals surface area contributed by atoms with Crippen LogP contribution in [0, 0.1) is 0 Å². The van der Waals surface area contributed by atoms with Crippen molar-refractivity contribution in [1.29, 1.82) is 0 Å². The Morgan fingerprint density at radius 1 is 1.39 bits per heavy atom. The van der Waals surface area contributed by atoms with Gasteiger partial charge in [-0.05, 0) is 11.1 Å². The van der Waals surface area contributed by atoms with E-state index < -0.39 is 0 Å². The van der Waals surface area contributed by atoms with Crippen LogP contribution in [-0.4, -0.2) is 18.1 Å². The fourth-order valence-electron chi connectivity index (χ4n) is 2.28. The Hall–Kier alpha value is -1.23. The SMILES string of the molecule is c1ccc2c(c1)COCC2NCCc1nccs1. The summed E-state index contributed by atoms with van der Waals surface area (Å²) in [6, 6.07) is 8.82. The van der Waals surface area contributed by atoms with Gasteiger partial charge in [-0.25, -0.2) is 4.98 Å². The molecule has 0 spiro atoms. The summed E-state index contributed by atoms with van der Waals surface area (Å²) in [5.41, 5.74) is 2.68. The Labute approximate surface area is 111 Å². The summed E-state index contributed by atoms with van der Waals surface area (Å²) < 4.78 is 5.62. The van der Waals surface area contributed by atoms with E-state index >= 15 is 0 Å². The van der Waals surface area contributed by atoms with Gasteiger partial charge >= 0.3 is 0 Å². The number of benzene rings is 1. The molecule has 2 heterocycles. The topological polar surface area (TPSA) is 34.1 Å². The van der Waals surface area contributed by atoms with Gasteiger partial charge in [0, 0.05) is 24.5 Å². The predicted octanol–water partition coefficient (Wildman–Crippen LogP) is 2.55. The zero-order chi connectivity index (χ0) is 12.2. The molecule has 0 amide bonds. The maximum Gasteiger partial charge on any atom is 0.0937 e. The van der Waals surface area contributed by atoms with Crippen molar-refractivity contribution in [2.24, 2.45) is 0 Å². The van der Waals surface area contributed by atoms with Crippen LogP contribution in [-0.2, 0) is 17.8 Å². The summed E-state index contributed by atoms with van der Waals surface area (Å²) in [5.74, 6) is 0. The van der Waals surface area contributed by atoms with Crippen LogP contribution >= 0.6 is 11.3 Å². The minimum atomic E-state index is 0.315. The average Bonchev–Trinajstić information content (AvgIpc) is 2.92. The van der Waals surface area contributed by atoms with Gasteiger partial charge < -0.3 is 10.1 Å². The molecular formula is C14H16N2OS. The fraction of sp³-hybridized carbons (Fsp3) is 0.357. The standard InChI is InChI=1S/C14H16N2OS/c1-2-4-12-11(3-1)9-17-10-13(12)15-6-5-14-16-7-8-18-14/h1-4,7-8,13,15H,5-6,9-10H2. The van der Waals surface area contributed by atoms with Gasteiger partial charge in [-0.2, -0.15) is 0 Å². The van der Waals surface area contributed by atoms with E-state index in [0.717, 1.165) is 26.2 Å². The first kappa shape index (κ1) is 11.8. The van der Waals surface area contributed by atoms with E-state index in [0.29, 0.717) is 6.04 Å². The van der Waals surface area contributed by atoms with E-state index in [-0.39, 0.29) is 0 Å². The van der Waals surface area contributed by atoms with E-state index in [4.69, 9.17) is 4.74 Å². The summed E-state index contributed by atoms with van der Waals surface area (Å²) in [4.78, 5) is 4.29. The Balaban J connectivity index is 1.60. The zero-order valence-corrected chi connectivity index (χ0v) is 11.0. The molecule has 1 aliphatic rings. The summed E-state index contributed by atoms with van der Waals surface area (Å²) in [5, 5.41) is 6.77. The highest BCUT2D eigenvalue weighted by Gasteiger charge is 2.19. The number of hydrogen-bond acceptors (Lipinski definition) is 4. The first-order valence-electron chi connectivity index (χ1n) is 6.21. The summed E-state index contributed by atoms with van der Waals surface area (Å²) in [7, 11) is 0. The smallest absolute Gasteiger partial charge is 0.0937 e. The van der Waals surface area contributed by atoms with E-state index in [1.54, 1.807) is 11.3 Å². The maximum absolute atomic E-state index is 5.62. The van der Waals surface area contributed by atoms with Gasteiger partial charge in [0.05, 0.1) is 24.3 Å². The third-order valence-corrected chi connectivity index (χ3v) is 4.03. The van der Waals surface area contributed by atoms with Crippen LogP contribution in [0.3, 0.4) is 0 Å². The van der Waals surface area contributed by atoms with Crippen molar-refractivity contribution >= 4 is 11.3 Å². The van der Waals surface area contributed by atoms with Crippen molar-refractivity contribution < 1.29 is 4.74 Å². The summed E-state index contributed by atoms with van der Waals surface area (Å²) in [6.07, 6.45) is 2.84. The summed E-state index contributed by atoms with van der Waals surface area (Å²) in [6.45, 7) is 2.44. The van der Waals surface area contributed by atoms with Gasteiger partial charge in [0.1, 0.15) is 0 Å². The van der Waals surface area contributed by atoms with Gasteiger partial charge in [0.25, 0.3) is 0 Å². The molecule has 3 nitrogen and oxygen atoms in total. The van der Waals surface area contributed by atoms with Gasteiger partial charge in [-0.15, -0.1) is 11.3 Å². The van der Waals surface area contributed by atoms with Gasteiger partial charge in [-0.1, -0.05) is 24.3 Å². The molecule has 18 heavy (non-hydrogen) atoms. The molecule has 3 rings (SSSR count). The second-order valence-electron chi connectivity index (χ2n) is 4.40. The Morgan fingerprint density at radius 3 is 3.22 bits per heavy atom. The lowest BCUT2D eigenvalue weighted by Gasteiger charge is -2.26. The number of aromatic nitrogens is 1. The molecule has 0 saturated heterocycles. The molecule has 94 valence electrons. The van der Waals surface area contributed by atoms with E-state index in [9.17, 15) is 0 Å². The van der Waals surface area contributed by atoms with Crippen molar-refractivity contribution in [3.8, 4) is 0 Å². The molecule has 1 aliphatic heterocycles. The van der Waals surface area contributed by atoms with E-state index in [1.807, 2.05) is 11.6 Å². The highest BCUT2D eigenvalue weighted by atomic mass is 32.1. The molecule has 0 saturated carbocycles. The molecule has 1 N–H and O–H groups in total. The first-order valence-corrected chi connectivity index (χ1v) is 7.09. The lowest BCUT2D eigenvalue weighted by atomic mass is 9.99. The van der Waals surface area contributed by atoms with Crippen molar-refractivity contribution in [2.45, 2.75) is 19.1 Å². The fourth-order valence-corrected chi connectivity index (χ4v) is 2.90. The number of fused-ring (bicyclic) bond motifs is 1. The van der Waals surface area contributed by atoms with Crippen molar-refractivity contribution in [1.82, 2.24) is 10.3 Å². The largest absolute Gasteiger partial charge is 0.375 e. The summed E-state index contributed by atoms with van der Waals surface area (Å²) >= 11 is 1.71. The highest BCUT2D eigenvalue weighted by molar-refractivity contribution is 7.09. The first-order chi connectivity index (χ1) is 8.93. The van der Waals surface area contributed by atoms with Gasteiger partial charge in [-0.3, -0.25) is 0 Å². The number of ether oxygens (including phenoxy) is 1. The van der Waals surface area contributed by atoms with E-state index in [2.05, 4.69) is 34.6 Å². The van der Waals surface area contributed by atoms with Crippen LogP contribution < -0.4 is 5.32 Å². The second-order valence-corrected chi connectivity index (χ2v) is 5.38. The van der Waals surface area contributed by atoms with Gasteiger partial charge in [0.15, 0.2) is 0 Å².